The lowest BCUT2D eigenvalue weighted by Crippen LogP contribution is -2.30. The van der Waals surface area contributed by atoms with E-state index in [1.165, 1.54) is 6.33 Å². The van der Waals surface area contributed by atoms with Gasteiger partial charge in [0.05, 0.1) is 5.52 Å². The van der Waals surface area contributed by atoms with Crippen molar-refractivity contribution >= 4 is 17.3 Å². The summed E-state index contributed by atoms with van der Waals surface area (Å²) in [7, 11) is 0. The van der Waals surface area contributed by atoms with Crippen molar-refractivity contribution in [3.05, 3.63) is 54.4 Å². The van der Waals surface area contributed by atoms with Gasteiger partial charge in [-0.25, -0.2) is 4.98 Å². The summed E-state index contributed by atoms with van der Waals surface area (Å²) < 4.78 is 0. The number of rotatable bonds is 7. The van der Waals surface area contributed by atoms with Crippen LogP contribution >= 0.6 is 0 Å². The summed E-state index contributed by atoms with van der Waals surface area (Å²) >= 11 is 0. The van der Waals surface area contributed by atoms with Crippen LogP contribution in [0.15, 0.2) is 48.8 Å². The molecule has 4 rings (SSSR count). The molecular weight excluding hydrogens is 352 g/mol. The Balaban J connectivity index is 1.82. The van der Waals surface area contributed by atoms with Crippen LogP contribution in [0.2, 0.25) is 0 Å². The van der Waals surface area contributed by atoms with Gasteiger partial charge in [0.15, 0.2) is 5.82 Å². The minimum atomic E-state index is -0.123. The van der Waals surface area contributed by atoms with Crippen molar-refractivity contribution in [1.82, 2.24) is 30.7 Å². The fourth-order valence-corrected chi connectivity index (χ4v) is 3.53. The molecule has 0 aliphatic carbocycles. The summed E-state index contributed by atoms with van der Waals surface area (Å²) in [4.78, 5) is 15.0. The third-order valence-electron chi connectivity index (χ3n) is 4.85. The molecular formula is C21H22N6O. The Morgan fingerprint density at radius 3 is 2.79 bits per heavy atom. The smallest absolute Gasteiger partial charge is 0.207 e. The number of aromatic amines is 2. The second kappa shape index (κ2) is 7.26. The van der Waals surface area contributed by atoms with E-state index in [1.807, 2.05) is 24.3 Å². The molecule has 2 heterocycles. The summed E-state index contributed by atoms with van der Waals surface area (Å²) in [6.07, 6.45) is 3.02. The number of H-pyrrole nitrogens is 2. The highest BCUT2D eigenvalue weighted by molar-refractivity contribution is 5.93. The van der Waals surface area contributed by atoms with Gasteiger partial charge < -0.3 is 5.32 Å². The van der Waals surface area contributed by atoms with Gasteiger partial charge in [-0.05, 0) is 29.5 Å². The first kappa shape index (κ1) is 17.9. The number of nitrogens with zero attached hydrogens (tertiary/aromatic N) is 3. The largest absolute Gasteiger partial charge is 0.358 e. The Bertz CT molecular complexity index is 1100. The maximum absolute atomic E-state index is 10.8. The van der Waals surface area contributed by atoms with Crippen LogP contribution in [-0.2, 0) is 11.2 Å². The third-order valence-corrected chi connectivity index (χ3v) is 4.85. The monoisotopic (exact) mass is 374 g/mol. The lowest BCUT2D eigenvalue weighted by atomic mass is 9.82. The van der Waals surface area contributed by atoms with E-state index >= 15 is 0 Å². The van der Waals surface area contributed by atoms with Gasteiger partial charge in [-0.3, -0.25) is 15.0 Å². The molecule has 28 heavy (non-hydrogen) atoms. The zero-order valence-electron chi connectivity index (χ0n) is 15.9. The molecule has 0 aliphatic heterocycles. The molecule has 4 aromatic rings. The van der Waals surface area contributed by atoms with E-state index in [0.29, 0.717) is 6.54 Å². The van der Waals surface area contributed by atoms with E-state index in [4.69, 9.17) is 0 Å². The summed E-state index contributed by atoms with van der Waals surface area (Å²) in [5, 5.41) is 18.5. The van der Waals surface area contributed by atoms with Gasteiger partial charge in [-0.15, -0.1) is 0 Å². The van der Waals surface area contributed by atoms with E-state index in [9.17, 15) is 4.79 Å². The van der Waals surface area contributed by atoms with Crippen LogP contribution in [0.1, 0.15) is 19.4 Å². The quantitative estimate of drug-likeness (QED) is 0.432. The Kier molecular flexibility index (Phi) is 4.65. The fourth-order valence-electron chi connectivity index (χ4n) is 3.53. The van der Waals surface area contributed by atoms with Crippen molar-refractivity contribution in [2.24, 2.45) is 5.41 Å². The van der Waals surface area contributed by atoms with E-state index in [2.05, 4.69) is 62.7 Å². The number of nitrogens with one attached hydrogen (secondary N) is 3. The first-order chi connectivity index (χ1) is 13.6. The summed E-state index contributed by atoms with van der Waals surface area (Å²) in [5.41, 5.74) is 4.99. The van der Waals surface area contributed by atoms with Gasteiger partial charge in [-0.1, -0.05) is 44.2 Å². The second-order valence-electron chi connectivity index (χ2n) is 7.66. The molecule has 2 aromatic heterocycles. The highest BCUT2D eigenvalue weighted by atomic mass is 16.1. The van der Waals surface area contributed by atoms with Crippen LogP contribution in [0.4, 0.5) is 0 Å². The van der Waals surface area contributed by atoms with Crippen molar-refractivity contribution in [2.45, 2.75) is 20.3 Å². The molecule has 7 heteroatoms. The second-order valence-corrected chi connectivity index (χ2v) is 7.66. The maximum Gasteiger partial charge on any atom is 0.207 e. The number of aromatic nitrogens is 5. The first-order valence-corrected chi connectivity index (χ1v) is 9.16. The summed E-state index contributed by atoms with van der Waals surface area (Å²) in [6, 6.07) is 14.3. The molecule has 3 N–H and O–H groups in total. The van der Waals surface area contributed by atoms with Crippen LogP contribution in [0.3, 0.4) is 0 Å². The first-order valence-electron chi connectivity index (χ1n) is 9.16. The SMILES string of the molecule is CC(C)(CNC=O)Cc1cc(-c2ncn[nH]2)ccc1-c1n[nH]c2ccccc12. The standard InChI is InChI=1S/C21H22N6O/c1-21(2,11-22-13-28)10-15-9-14(20-23-12-24-27-20)7-8-16(15)19-17-5-3-4-6-18(17)25-26-19/h3-9,12-13H,10-11H2,1-2H3,(H,22,28)(H,25,26)(H,23,24,27). The van der Waals surface area contributed by atoms with Gasteiger partial charge >= 0.3 is 0 Å². The van der Waals surface area contributed by atoms with Crippen LogP contribution in [0.5, 0.6) is 0 Å². The molecule has 142 valence electrons. The van der Waals surface area contributed by atoms with Gasteiger partial charge in [-0.2, -0.15) is 10.2 Å². The average Bonchev–Trinajstić information content (AvgIpc) is 3.36. The predicted octanol–water partition coefficient (Wildman–Crippen LogP) is 3.33. The Hall–Kier alpha value is -3.48. The zero-order valence-corrected chi connectivity index (χ0v) is 15.9. The lowest BCUT2D eigenvalue weighted by Gasteiger charge is -2.25. The topological polar surface area (TPSA) is 99.3 Å². The van der Waals surface area contributed by atoms with Crippen molar-refractivity contribution in [1.29, 1.82) is 0 Å². The molecule has 0 saturated heterocycles. The van der Waals surface area contributed by atoms with Crippen LogP contribution in [-0.4, -0.2) is 38.3 Å². The van der Waals surface area contributed by atoms with Crippen LogP contribution < -0.4 is 5.32 Å². The Morgan fingerprint density at radius 1 is 1.14 bits per heavy atom. The number of carbonyl (C=O) groups excluding carboxylic acids is 1. The van der Waals surface area contributed by atoms with Gasteiger partial charge in [0.25, 0.3) is 0 Å². The number of fused-ring (bicyclic) bond motifs is 1. The average molecular weight is 374 g/mol. The molecule has 0 radical (unpaired) electrons. The van der Waals surface area contributed by atoms with Crippen molar-refractivity contribution in [3.63, 3.8) is 0 Å². The third kappa shape index (κ3) is 3.51. The van der Waals surface area contributed by atoms with Gasteiger partial charge in [0.2, 0.25) is 6.41 Å². The Morgan fingerprint density at radius 2 is 2.00 bits per heavy atom. The molecule has 0 fully saturated rings. The maximum atomic E-state index is 10.8. The van der Waals surface area contributed by atoms with Crippen molar-refractivity contribution in [3.8, 4) is 22.6 Å². The highest BCUT2D eigenvalue weighted by Gasteiger charge is 2.22. The molecule has 0 bridgehead atoms. The van der Waals surface area contributed by atoms with E-state index in [0.717, 1.165) is 51.9 Å². The van der Waals surface area contributed by atoms with E-state index in [-0.39, 0.29) is 5.41 Å². The van der Waals surface area contributed by atoms with Crippen LogP contribution in [0.25, 0.3) is 33.5 Å². The highest BCUT2D eigenvalue weighted by Crippen LogP contribution is 2.34. The van der Waals surface area contributed by atoms with Gasteiger partial charge in [0, 0.05) is 23.1 Å². The molecule has 0 atom stereocenters. The number of carbonyl (C=O) groups is 1. The molecule has 0 aliphatic rings. The van der Waals surface area contributed by atoms with E-state index < -0.39 is 0 Å². The number of amides is 1. The normalized spacial score (nSPS) is 11.6. The minimum absolute atomic E-state index is 0.123. The number of hydrogen-bond acceptors (Lipinski definition) is 4. The molecule has 1 amide bonds. The molecule has 0 spiro atoms. The molecule has 0 unspecified atom stereocenters. The number of benzene rings is 2. The minimum Gasteiger partial charge on any atom is -0.358 e. The lowest BCUT2D eigenvalue weighted by molar-refractivity contribution is -0.109. The fraction of sp³-hybridized carbons (Fsp3) is 0.238. The van der Waals surface area contributed by atoms with Crippen LogP contribution in [0, 0.1) is 5.41 Å². The number of hydrogen-bond donors (Lipinski definition) is 3. The summed E-state index contributed by atoms with van der Waals surface area (Å²) in [5.74, 6) is 0.725. The molecule has 0 saturated carbocycles. The van der Waals surface area contributed by atoms with Crippen molar-refractivity contribution in [2.75, 3.05) is 6.54 Å². The number of para-hydroxylation sites is 1. The zero-order chi connectivity index (χ0) is 19.6. The van der Waals surface area contributed by atoms with Crippen molar-refractivity contribution < 1.29 is 4.79 Å². The molecule has 2 aromatic carbocycles. The summed E-state index contributed by atoms with van der Waals surface area (Å²) in [6.45, 7) is 4.86. The van der Waals surface area contributed by atoms with Gasteiger partial charge in [0.1, 0.15) is 12.0 Å². The Labute approximate surface area is 162 Å². The molecule has 7 nitrogen and oxygen atoms in total. The van der Waals surface area contributed by atoms with E-state index in [1.54, 1.807) is 0 Å². The predicted molar refractivity (Wildman–Crippen MR) is 108 cm³/mol.